The van der Waals surface area contributed by atoms with Gasteiger partial charge < -0.3 is 9.47 Å². The number of piperazine rings is 1. The van der Waals surface area contributed by atoms with E-state index in [1.54, 1.807) is 6.20 Å². The fourth-order valence-corrected chi connectivity index (χ4v) is 3.32. The molecular weight excluding hydrogens is 324 g/mol. The molecule has 0 radical (unpaired) electrons. The largest absolute Gasteiger partial charge is 0.336 e. The Bertz CT molecular complexity index is 835. The molecule has 2 aromatic heterocycles. The highest BCUT2D eigenvalue weighted by molar-refractivity contribution is 5.94. The first kappa shape index (κ1) is 16.5. The molecule has 0 unspecified atom stereocenters. The zero-order chi connectivity index (χ0) is 17.8. The van der Waals surface area contributed by atoms with Crippen molar-refractivity contribution in [1.82, 2.24) is 19.4 Å². The average Bonchev–Trinajstić information content (AvgIpc) is 3.24. The number of pyridine rings is 1. The molecular formula is C21H22N4O. The Morgan fingerprint density at radius 2 is 1.65 bits per heavy atom. The monoisotopic (exact) mass is 346 g/mol. The molecule has 1 amide bonds. The molecule has 5 nitrogen and oxygen atoms in total. The number of rotatable bonds is 4. The zero-order valence-corrected chi connectivity index (χ0v) is 14.7. The number of amides is 1. The van der Waals surface area contributed by atoms with Crippen LogP contribution in [0.3, 0.4) is 0 Å². The van der Waals surface area contributed by atoms with E-state index in [1.165, 1.54) is 5.56 Å². The highest BCUT2D eigenvalue weighted by atomic mass is 16.2. The van der Waals surface area contributed by atoms with Crippen LogP contribution in [0, 0.1) is 0 Å². The molecule has 1 saturated heterocycles. The van der Waals surface area contributed by atoms with E-state index in [1.807, 2.05) is 70.5 Å². The Hall–Kier alpha value is -2.92. The minimum atomic E-state index is 0.116. The molecule has 132 valence electrons. The SMILES string of the molecule is O=C(c1ccc(-n2cccc2)cc1)N1CCN(Cc2cccnc2)CC1. The van der Waals surface area contributed by atoms with Gasteiger partial charge >= 0.3 is 0 Å². The highest BCUT2D eigenvalue weighted by Crippen LogP contribution is 2.14. The number of benzene rings is 1. The van der Waals surface area contributed by atoms with E-state index in [9.17, 15) is 4.79 Å². The van der Waals surface area contributed by atoms with Crippen molar-refractivity contribution in [2.45, 2.75) is 6.54 Å². The maximum absolute atomic E-state index is 12.8. The molecule has 0 atom stereocenters. The van der Waals surface area contributed by atoms with E-state index in [2.05, 4.69) is 16.0 Å². The van der Waals surface area contributed by atoms with Gasteiger partial charge in [0.1, 0.15) is 0 Å². The van der Waals surface area contributed by atoms with Crippen LogP contribution in [0.25, 0.3) is 5.69 Å². The lowest BCUT2D eigenvalue weighted by atomic mass is 10.1. The molecule has 0 spiro atoms. The van der Waals surface area contributed by atoms with Gasteiger partial charge in [-0.3, -0.25) is 14.7 Å². The van der Waals surface area contributed by atoms with E-state index in [4.69, 9.17) is 0 Å². The van der Waals surface area contributed by atoms with Crippen LogP contribution in [0.1, 0.15) is 15.9 Å². The Morgan fingerprint density at radius 1 is 0.923 bits per heavy atom. The van der Waals surface area contributed by atoms with Gasteiger partial charge in [0.15, 0.2) is 0 Å². The third-order valence-corrected chi connectivity index (χ3v) is 4.81. The van der Waals surface area contributed by atoms with Crippen molar-refractivity contribution >= 4 is 5.91 Å². The molecule has 26 heavy (non-hydrogen) atoms. The maximum atomic E-state index is 12.8. The number of carbonyl (C=O) groups excluding carboxylic acids is 1. The van der Waals surface area contributed by atoms with Crippen LogP contribution in [0.15, 0.2) is 73.3 Å². The van der Waals surface area contributed by atoms with E-state index in [0.29, 0.717) is 0 Å². The first-order valence-electron chi connectivity index (χ1n) is 8.93. The van der Waals surface area contributed by atoms with Crippen molar-refractivity contribution in [2.75, 3.05) is 26.2 Å². The second kappa shape index (κ2) is 7.54. The molecule has 1 aliphatic heterocycles. The van der Waals surface area contributed by atoms with E-state index in [0.717, 1.165) is 44.0 Å². The smallest absolute Gasteiger partial charge is 0.253 e. The molecule has 0 saturated carbocycles. The Kier molecular flexibility index (Phi) is 4.80. The number of nitrogens with zero attached hydrogens (tertiary/aromatic N) is 4. The summed E-state index contributed by atoms with van der Waals surface area (Å²) in [6.07, 6.45) is 7.70. The van der Waals surface area contributed by atoms with Crippen LogP contribution in [-0.4, -0.2) is 51.4 Å². The third kappa shape index (κ3) is 3.68. The summed E-state index contributed by atoms with van der Waals surface area (Å²) < 4.78 is 2.03. The standard InChI is InChI=1S/C21H22N4O/c26-21(19-5-7-20(8-6-19)24-10-1-2-11-24)25-14-12-23(13-15-25)17-18-4-3-9-22-16-18/h1-11,16H,12-15,17H2. The second-order valence-corrected chi connectivity index (χ2v) is 6.57. The number of aromatic nitrogens is 2. The minimum absolute atomic E-state index is 0.116. The summed E-state index contributed by atoms with van der Waals surface area (Å²) in [5.41, 5.74) is 3.03. The Labute approximate surface area is 153 Å². The summed E-state index contributed by atoms with van der Waals surface area (Å²) in [7, 11) is 0. The van der Waals surface area contributed by atoms with Crippen molar-refractivity contribution in [2.24, 2.45) is 0 Å². The Morgan fingerprint density at radius 3 is 2.31 bits per heavy atom. The number of carbonyl (C=O) groups is 1. The summed E-state index contributed by atoms with van der Waals surface area (Å²) in [4.78, 5) is 21.2. The van der Waals surface area contributed by atoms with Crippen molar-refractivity contribution < 1.29 is 4.79 Å². The molecule has 1 aliphatic rings. The first-order chi connectivity index (χ1) is 12.8. The zero-order valence-electron chi connectivity index (χ0n) is 14.7. The van der Waals surface area contributed by atoms with Gasteiger partial charge in [0.25, 0.3) is 5.91 Å². The molecule has 0 bridgehead atoms. The van der Waals surface area contributed by atoms with Gasteiger partial charge in [0, 0.05) is 68.8 Å². The van der Waals surface area contributed by atoms with E-state index < -0.39 is 0 Å². The van der Waals surface area contributed by atoms with Crippen molar-refractivity contribution in [3.8, 4) is 5.69 Å². The lowest BCUT2D eigenvalue weighted by Gasteiger charge is -2.34. The maximum Gasteiger partial charge on any atom is 0.253 e. The van der Waals surface area contributed by atoms with Crippen molar-refractivity contribution in [1.29, 1.82) is 0 Å². The van der Waals surface area contributed by atoms with Gasteiger partial charge in [-0.1, -0.05) is 6.07 Å². The summed E-state index contributed by atoms with van der Waals surface area (Å²) >= 11 is 0. The summed E-state index contributed by atoms with van der Waals surface area (Å²) in [5, 5.41) is 0. The highest BCUT2D eigenvalue weighted by Gasteiger charge is 2.22. The molecule has 3 aromatic rings. The average molecular weight is 346 g/mol. The fourth-order valence-electron chi connectivity index (χ4n) is 3.32. The van der Waals surface area contributed by atoms with Crippen LogP contribution in [0.4, 0.5) is 0 Å². The van der Waals surface area contributed by atoms with Crippen LogP contribution < -0.4 is 0 Å². The Balaban J connectivity index is 1.34. The predicted octanol–water partition coefficient (Wildman–Crippen LogP) is 2.83. The lowest BCUT2D eigenvalue weighted by molar-refractivity contribution is 0.0628. The van der Waals surface area contributed by atoms with Crippen molar-refractivity contribution in [3.63, 3.8) is 0 Å². The molecule has 4 rings (SSSR count). The molecule has 1 fully saturated rings. The summed E-state index contributed by atoms with van der Waals surface area (Å²) in [6, 6.07) is 15.9. The van der Waals surface area contributed by atoms with E-state index >= 15 is 0 Å². The number of hydrogen-bond donors (Lipinski definition) is 0. The topological polar surface area (TPSA) is 41.4 Å². The molecule has 3 heterocycles. The van der Waals surface area contributed by atoms with Gasteiger partial charge in [-0.15, -0.1) is 0 Å². The quantitative estimate of drug-likeness (QED) is 0.729. The lowest BCUT2D eigenvalue weighted by Crippen LogP contribution is -2.48. The normalized spacial score (nSPS) is 15.2. The van der Waals surface area contributed by atoms with Gasteiger partial charge in [-0.05, 0) is 48.0 Å². The molecule has 0 N–H and O–H groups in total. The molecule has 0 aliphatic carbocycles. The molecule has 1 aromatic carbocycles. The van der Waals surface area contributed by atoms with Crippen molar-refractivity contribution in [3.05, 3.63) is 84.4 Å². The summed E-state index contributed by atoms with van der Waals surface area (Å²) in [6.45, 7) is 4.20. The van der Waals surface area contributed by atoms with Crippen LogP contribution in [0.2, 0.25) is 0 Å². The van der Waals surface area contributed by atoms with E-state index in [-0.39, 0.29) is 5.91 Å². The number of hydrogen-bond acceptors (Lipinski definition) is 3. The predicted molar refractivity (Wildman–Crippen MR) is 101 cm³/mol. The van der Waals surface area contributed by atoms with Gasteiger partial charge in [0.2, 0.25) is 0 Å². The van der Waals surface area contributed by atoms with Gasteiger partial charge in [-0.2, -0.15) is 0 Å². The molecule has 5 heteroatoms. The van der Waals surface area contributed by atoms with Gasteiger partial charge in [-0.25, -0.2) is 0 Å². The van der Waals surface area contributed by atoms with Gasteiger partial charge in [0.05, 0.1) is 0 Å². The van der Waals surface area contributed by atoms with Crippen LogP contribution in [0.5, 0.6) is 0 Å². The summed E-state index contributed by atoms with van der Waals surface area (Å²) in [5.74, 6) is 0.116. The first-order valence-corrected chi connectivity index (χ1v) is 8.93. The minimum Gasteiger partial charge on any atom is -0.336 e. The fraction of sp³-hybridized carbons (Fsp3) is 0.238. The van der Waals surface area contributed by atoms with Crippen LogP contribution >= 0.6 is 0 Å². The van der Waals surface area contributed by atoms with Crippen LogP contribution in [-0.2, 0) is 6.54 Å². The second-order valence-electron chi connectivity index (χ2n) is 6.57. The third-order valence-electron chi connectivity index (χ3n) is 4.81.